The molecule has 5 nitrogen and oxygen atoms in total. The maximum atomic E-state index is 15.3. The molecule has 0 saturated carbocycles. The van der Waals surface area contributed by atoms with E-state index in [2.05, 4.69) is 56.2 Å². The van der Waals surface area contributed by atoms with Crippen molar-refractivity contribution in [3.63, 3.8) is 0 Å². The molecule has 1 aromatic heterocycles. The van der Waals surface area contributed by atoms with Crippen LogP contribution in [-0.2, 0) is 11.2 Å². The van der Waals surface area contributed by atoms with Crippen LogP contribution in [0.4, 0.5) is 4.39 Å². The number of halogens is 2. The van der Waals surface area contributed by atoms with Crippen molar-refractivity contribution in [2.75, 3.05) is 27.4 Å². The van der Waals surface area contributed by atoms with Crippen LogP contribution >= 0.6 is 15.9 Å². The Kier molecular flexibility index (Phi) is 5.88. The predicted octanol–water partition coefficient (Wildman–Crippen LogP) is 5.04. The third-order valence-electron chi connectivity index (χ3n) is 5.91. The van der Waals surface area contributed by atoms with Gasteiger partial charge in [0.15, 0.2) is 0 Å². The Labute approximate surface area is 184 Å². The SMILES string of the molecule is COCC(C)(F)CN1C(C)Cc2c(ccc3[nH]ncc23)C1c1ccc(Br)cc1OC. The second-order valence-electron chi connectivity index (χ2n) is 8.33. The standard InChI is InChI=1S/C23H27BrFN3O2/c1-14-9-18-16(7-8-20-19(18)11-26-27-20)22(28(14)12-23(2,25)13-29-3)17-6-5-15(24)10-21(17)30-4/h5-8,10-11,14,22H,9,12-13H2,1-4H3,(H,26,27). The molecule has 3 atom stereocenters. The van der Waals surface area contributed by atoms with Gasteiger partial charge in [0.2, 0.25) is 0 Å². The lowest BCUT2D eigenvalue weighted by molar-refractivity contribution is 0.00207. The number of aromatic nitrogens is 2. The van der Waals surface area contributed by atoms with Crippen LogP contribution in [0.25, 0.3) is 10.9 Å². The molecule has 2 aromatic carbocycles. The number of fused-ring (bicyclic) bond motifs is 3. The van der Waals surface area contributed by atoms with Gasteiger partial charge in [0, 0.05) is 35.1 Å². The van der Waals surface area contributed by atoms with Crippen LogP contribution in [0.2, 0.25) is 0 Å². The molecule has 0 aliphatic carbocycles. The number of rotatable bonds is 6. The van der Waals surface area contributed by atoms with E-state index in [1.807, 2.05) is 18.3 Å². The fourth-order valence-corrected chi connectivity index (χ4v) is 4.99. The smallest absolute Gasteiger partial charge is 0.144 e. The quantitative estimate of drug-likeness (QED) is 0.542. The number of ether oxygens (including phenoxy) is 2. The van der Waals surface area contributed by atoms with Crippen molar-refractivity contribution in [1.82, 2.24) is 15.1 Å². The van der Waals surface area contributed by atoms with Gasteiger partial charge in [-0.05, 0) is 49.6 Å². The summed E-state index contributed by atoms with van der Waals surface area (Å²) in [6.07, 6.45) is 2.71. The van der Waals surface area contributed by atoms with Crippen LogP contribution in [-0.4, -0.2) is 54.2 Å². The summed E-state index contributed by atoms with van der Waals surface area (Å²) < 4.78 is 27.2. The van der Waals surface area contributed by atoms with Crippen LogP contribution in [0.1, 0.15) is 36.6 Å². The van der Waals surface area contributed by atoms with E-state index < -0.39 is 5.67 Å². The van der Waals surface area contributed by atoms with Crippen molar-refractivity contribution in [3.8, 4) is 5.75 Å². The number of H-pyrrole nitrogens is 1. The van der Waals surface area contributed by atoms with E-state index in [9.17, 15) is 0 Å². The van der Waals surface area contributed by atoms with Crippen LogP contribution in [0.15, 0.2) is 41.0 Å². The predicted molar refractivity (Wildman–Crippen MR) is 120 cm³/mol. The highest BCUT2D eigenvalue weighted by Gasteiger charge is 2.40. The van der Waals surface area contributed by atoms with Crippen LogP contribution in [0.3, 0.4) is 0 Å². The molecule has 30 heavy (non-hydrogen) atoms. The van der Waals surface area contributed by atoms with Gasteiger partial charge in [-0.15, -0.1) is 0 Å². The van der Waals surface area contributed by atoms with Gasteiger partial charge in [-0.25, -0.2) is 4.39 Å². The van der Waals surface area contributed by atoms with Gasteiger partial charge in [0.25, 0.3) is 0 Å². The Bertz CT molecular complexity index is 1050. The molecule has 3 unspecified atom stereocenters. The number of aromatic amines is 1. The first kappa shape index (κ1) is 21.3. The fourth-order valence-electron chi connectivity index (χ4n) is 4.65. The first-order valence-corrected chi connectivity index (χ1v) is 10.9. The number of nitrogens with zero attached hydrogens (tertiary/aromatic N) is 2. The van der Waals surface area contributed by atoms with Gasteiger partial charge in [-0.1, -0.05) is 28.1 Å². The van der Waals surface area contributed by atoms with E-state index in [1.54, 1.807) is 14.0 Å². The molecule has 3 aromatic rings. The van der Waals surface area contributed by atoms with E-state index in [0.717, 1.165) is 38.7 Å². The summed E-state index contributed by atoms with van der Waals surface area (Å²) in [5.41, 5.74) is 2.99. The van der Waals surface area contributed by atoms with Crippen molar-refractivity contribution in [2.45, 2.75) is 38.0 Å². The summed E-state index contributed by atoms with van der Waals surface area (Å²) in [4.78, 5) is 2.24. The highest BCUT2D eigenvalue weighted by Crippen LogP contribution is 2.44. The fraction of sp³-hybridized carbons (Fsp3) is 0.435. The van der Waals surface area contributed by atoms with E-state index in [0.29, 0.717) is 0 Å². The molecule has 0 saturated heterocycles. The van der Waals surface area contributed by atoms with Crippen molar-refractivity contribution >= 4 is 26.8 Å². The van der Waals surface area contributed by atoms with Gasteiger partial charge in [0.05, 0.1) is 31.5 Å². The maximum Gasteiger partial charge on any atom is 0.144 e. The topological polar surface area (TPSA) is 50.4 Å². The second-order valence-corrected chi connectivity index (χ2v) is 9.24. The van der Waals surface area contributed by atoms with Gasteiger partial charge < -0.3 is 9.47 Å². The highest BCUT2D eigenvalue weighted by atomic mass is 79.9. The monoisotopic (exact) mass is 475 g/mol. The molecule has 0 bridgehead atoms. The average molecular weight is 476 g/mol. The lowest BCUT2D eigenvalue weighted by Crippen LogP contribution is -2.50. The normalized spacial score (nSPS) is 21.4. The third-order valence-corrected chi connectivity index (χ3v) is 6.40. The third kappa shape index (κ3) is 3.86. The molecule has 0 spiro atoms. The zero-order valence-electron chi connectivity index (χ0n) is 17.7. The summed E-state index contributed by atoms with van der Waals surface area (Å²) in [7, 11) is 3.21. The van der Waals surface area contributed by atoms with E-state index in [1.165, 1.54) is 12.7 Å². The average Bonchev–Trinajstić information content (AvgIpc) is 3.18. The number of benzene rings is 2. The number of methoxy groups -OCH3 is 2. The minimum atomic E-state index is -1.47. The minimum absolute atomic E-state index is 0.0496. The lowest BCUT2D eigenvalue weighted by Gasteiger charge is -2.45. The molecular formula is C23H27BrFN3O2. The Balaban J connectivity index is 1.90. The number of hydrogen-bond acceptors (Lipinski definition) is 4. The summed E-state index contributed by atoms with van der Waals surface area (Å²) in [6.45, 7) is 4.07. The van der Waals surface area contributed by atoms with Gasteiger partial charge in [-0.3, -0.25) is 10.00 Å². The highest BCUT2D eigenvalue weighted by molar-refractivity contribution is 9.10. The van der Waals surface area contributed by atoms with Crippen molar-refractivity contribution < 1.29 is 13.9 Å². The summed E-state index contributed by atoms with van der Waals surface area (Å²) in [6, 6.07) is 10.2. The molecular weight excluding hydrogens is 449 g/mol. The molecule has 7 heteroatoms. The largest absolute Gasteiger partial charge is 0.496 e. The first-order valence-electron chi connectivity index (χ1n) is 10.1. The maximum absolute atomic E-state index is 15.3. The number of alkyl halides is 1. The van der Waals surface area contributed by atoms with Crippen molar-refractivity contribution in [1.29, 1.82) is 0 Å². The Hall–Kier alpha value is -1.96. The van der Waals surface area contributed by atoms with Gasteiger partial charge >= 0.3 is 0 Å². The molecule has 2 heterocycles. The minimum Gasteiger partial charge on any atom is -0.496 e. The second kappa shape index (κ2) is 8.29. The molecule has 4 rings (SSSR count). The summed E-state index contributed by atoms with van der Waals surface area (Å²) in [5.74, 6) is 0.777. The van der Waals surface area contributed by atoms with E-state index in [-0.39, 0.29) is 25.2 Å². The zero-order valence-corrected chi connectivity index (χ0v) is 19.3. The summed E-state index contributed by atoms with van der Waals surface area (Å²) >= 11 is 3.53. The lowest BCUT2D eigenvalue weighted by atomic mass is 9.82. The van der Waals surface area contributed by atoms with E-state index in [4.69, 9.17) is 9.47 Å². The molecule has 1 aliphatic rings. The number of nitrogens with one attached hydrogen (secondary N) is 1. The molecule has 1 aliphatic heterocycles. The van der Waals surface area contributed by atoms with Crippen molar-refractivity contribution in [3.05, 3.63) is 57.7 Å². The van der Waals surface area contributed by atoms with E-state index >= 15 is 4.39 Å². The molecule has 0 amide bonds. The Morgan fingerprint density at radius 1 is 1.27 bits per heavy atom. The van der Waals surface area contributed by atoms with Gasteiger partial charge in [0.1, 0.15) is 11.4 Å². The molecule has 1 N–H and O–H groups in total. The van der Waals surface area contributed by atoms with Gasteiger partial charge in [-0.2, -0.15) is 5.10 Å². The van der Waals surface area contributed by atoms with Crippen LogP contribution in [0, 0.1) is 0 Å². The summed E-state index contributed by atoms with van der Waals surface area (Å²) in [5, 5.41) is 8.42. The van der Waals surface area contributed by atoms with Crippen LogP contribution < -0.4 is 4.74 Å². The number of hydrogen-bond donors (Lipinski definition) is 1. The van der Waals surface area contributed by atoms with Crippen LogP contribution in [0.5, 0.6) is 5.75 Å². The molecule has 0 radical (unpaired) electrons. The van der Waals surface area contributed by atoms with Crippen molar-refractivity contribution in [2.24, 2.45) is 0 Å². The molecule has 160 valence electrons. The first-order chi connectivity index (χ1) is 14.3. The Morgan fingerprint density at radius 3 is 2.77 bits per heavy atom. The molecule has 0 fully saturated rings. The zero-order chi connectivity index (χ0) is 21.5. The Morgan fingerprint density at radius 2 is 2.03 bits per heavy atom.